The van der Waals surface area contributed by atoms with Crippen LogP contribution in [0.25, 0.3) is 0 Å². The summed E-state index contributed by atoms with van der Waals surface area (Å²) in [6.45, 7) is 9.46. The maximum Gasteiger partial charge on any atom is 0.490 e. The van der Waals surface area contributed by atoms with Gasteiger partial charge in [0.25, 0.3) is 5.69 Å². The second-order valence-corrected chi connectivity index (χ2v) is 11.0. The fourth-order valence-corrected chi connectivity index (χ4v) is 5.19. The minimum Gasteiger partial charge on any atom is -0.493 e. The molecule has 224 valence electrons. The van der Waals surface area contributed by atoms with Crippen molar-refractivity contribution in [2.75, 3.05) is 32.8 Å². The molecule has 41 heavy (non-hydrogen) atoms. The van der Waals surface area contributed by atoms with Crippen LogP contribution < -0.4 is 4.74 Å². The number of benzene rings is 2. The quantitative estimate of drug-likeness (QED) is 0.333. The van der Waals surface area contributed by atoms with Crippen LogP contribution in [0.15, 0.2) is 48.5 Å². The van der Waals surface area contributed by atoms with Gasteiger partial charge in [0.05, 0.1) is 18.0 Å². The molecular formula is C29H36F3N3O6. The molecule has 2 fully saturated rings. The van der Waals surface area contributed by atoms with Crippen LogP contribution in [0.4, 0.5) is 18.9 Å². The van der Waals surface area contributed by atoms with Gasteiger partial charge in [-0.2, -0.15) is 13.2 Å². The predicted octanol–water partition coefficient (Wildman–Crippen LogP) is 5.32. The first kappa shape index (κ1) is 31.9. The molecule has 1 N–H and O–H groups in total. The molecule has 2 aliphatic rings. The molecule has 0 radical (unpaired) electrons. The molecule has 2 aromatic rings. The van der Waals surface area contributed by atoms with E-state index in [4.69, 9.17) is 14.6 Å². The van der Waals surface area contributed by atoms with Gasteiger partial charge in [0.15, 0.2) is 0 Å². The Balaban J connectivity index is 0.000000587. The van der Waals surface area contributed by atoms with Crippen molar-refractivity contribution < 1.29 is 37.5 Å². The van der Waals surface area contributed by atoms with E-state index in [1.54, 1.807) is 18.2 Å². The lowest BCUT2D eigenvalue weighted by Gasteiger charge is -2.39. The molecule has 1 spiro atoms. The summed E-state index contributed by atoms with van der Waals surface area (Å²) in [4.78, 5) is 37.0. The van der Waals surface area contributed by atoms with Crippen molar-refractivity contribution in [1.82, 2.24) is 9.80 Å². The standard InChI is InChI=1S/C27H35N3O4.C2HF3O2/c1-21(2)19-34-25-10-6-4-8-23(25)18-28-14-11-27(20-28)12-15-29(16-13-27)26(31)17-22-7-3-5-9-24(22)30(32)33;3-2(4,5)1(6)7/h3-10,21H,11-20H2,1-2H3;(H,6,7). The Morgan fingerprint density at radius 3 is 2.17 bits per heavy atom. The molecule has 0 saturated carbocycles. The number of likely N-dealkylation sites (tertiary alicyclic amines) is 2. The molecule has 0 unspecified atom stereocenters. The number of rotatable bonds is 8. The first-order valence-electron chi connectivity index (χ1n) is 13.5. The number of para-hydroxylation sites is 2. The van der Waals surface area contributed by atoms with Gasteiger partial charge in [-0.05, 0) is 43.2 Å². The lowest BCUT2D eigenvalue weighted by atomic mass is 9.77. The summed E-state index contributed by atoms with van der Waals surface area (Å²) in [6, 6.07) is 14.9. The number of alkyl halides is 3. The zero-order valence-corrected chi connectivity index (χ0v) is 23.2. The van der Waals surface area contributed by atoms with Gasteiger partial charge in [0.1, 0.15) is 5.75 Å². The van der Waals surface area contributed by atoms with Gasteiger partial charge in [-0.15, -0.1) is 0 Å². The highest BCUT2D eigenvalue weighted by Gasteiger charge is 2.41. The molecule has 2 heterocycles. The van der Waals surface area contributed by atoms with Crippen LogP contribution in [-0.2, 0) is 22.6 Å². The third-order valence-electron chi connectivity index (χ3n) is 7.41. The molecule has 2 aromatic carbocycles. The highest BCUT2D eigenvalue weighted by atomic mass is 19.4. The Labute approximate surface area is 237 Å². The zero-order valence-electron chi connectivity index (χ0n) is 23.2. The second kappa shape index (κ2) is 13.8. The van der Waals surface area contributed by atoms with Crippen LogP contribution in [0.2, 0.25) is 0 Å². The molecule has 4 rings (SSSR count). The van der Waals surface area contributed by atoms with E-state index in [9.17, 15) is 28.1 Å². The van der Waals surface area contributed by atoms with Gasteiger partial charge < -0.3 is 14.7 Å². The maximum absolute atomic E-state index is 12.9. The van der Waals surface area contributed by atoms with Crippen molar-refractivity contribution in [3.8, 4) is 5.75 Å². The monoisotopic (exact) mass is 579 g/mol. The lowest BCUT2D eigenvalue weighted by Crippen LogP contribution is -2.44. The Morgan fingerprint density at radius 2 is 1.59 bits per heavy atom. The van der Waals surface area contributed by atoms with Crippen molar-refractivity contribution in [3.63, 3.8) is 0 Å². The van der Waals surface area contributed by atoms with Gasteiger partial charge in [0, 0.05) is 43.4 Å². The number of carbonyl (C=O) groups excluding carboxylic acids is 1. The van der Waals surface area contributed by atoms with Crippen LogP contribution in [0.3, 0.4) is 0 Å². The highest BCUT2D eigenvalue weighted by molar-refractivity contribution is 5.80. The zero-order chi connectivity index (χ0) is 30.2. The van der Waals surface area contributed by atoms with Crippen molar-refractivity contribution in [2.45, 2.75) is 52.3 Å². The van der Waals surface area contributed by atoms with E-state index in [-0.39, 0.29) is 23.4 Å². The molecule has 0 aromatic heterocycles. The Kier molecular flexibility index (Phi) is 10.7. The number of carboxylic acid groups (broad SMARTS) is 1. The Bertz CT molecular complexity index is 1210. The van der Waals surface area contributed by atoms with Crippen molar-refractivity contribution in [2.24, 2.45) is 11.3 Å². The summed E-state index contributed by atoms with van der Waals surface area (Å²) >= 11 is 0. The van der Waals surface area contributed by atoms with Gasteiger partial charge in [-0.1, -0.05) is 50.2 Å². The fourth-order valence-electron chi connectivity index (χ4n) is 5.19. The number of ether oxygens (including phenoxy) is 1. The Morgan fingerprint density at radius 1 is 1.02 bits per heavy atom. The molecule has 12 heteroatoms. The molecule has 1 amide bonds. The van der Waals surface area contributed by atoms with Crippen LogP contribution in [0, 0.1) is 21.4 Å². The van der Waals surface area contributed by atoms with Crippen LogP contribution in [0.1, 0.15) is 44.2 Å². The normalized spacial score (nSPS) is 16.8. The summed E-state index contributed by atoms with van der Waals surface area (Å²) in [6.07, 6.45) is -1.88. The number of hydrogen-bond acceptors (Lipinski definition) is 6. The second-order valence-electron chi connectivity index (χ2n) is 11.0. The summed E-state index contributed by atoms with van der Waals surface area (Å²) in [5.74, 6) is -1.31. The molecule has 0 atom stereocenters. The summed E-state index contributed by atoms with van der Waals surface area (Å²) < 4.78 is 37.8. The van der Waals surface area contributed by atoms with Crippen molar-refractivity contribution in [3.05, 3.63) is 69.8 Å². The van der Waals surface area contributed by atoms with E-state index in [0.717, 1.165) is 64.3 Å². The minimum atomic E-state index is -5.08. The first-order valence-corrected chi connectivity index (χ1v) is 13.5. The van der Waals surface area contributed by atoms with Crippen molar-refractivity contribution >= 4 is 17.6 Å². The van der Waals surface area contributed by atoms with E-state index in [1.165, 1.54) is 11.6 Å². The van der Waals surface area contributed by atoms with E-state index < -0.39 is 17.1 Å². The Hall–Kier alpha value is -3.67. The number of hydrogen-bond donors (Lipinski definition) is 1. The minimum absolute atomic E-state index is 0.0183. The van der Waals surface area contributed by atoms with E-state index >= 15 is 0 Å². The third kappa shape index (κ3) is 9.17. The van der Waals surface area contributed by atoms with Gasteiger partial charge >= 0.3 is 12.1 Å². The number of carbonyl (C=O) groups is 2. The SMILES string of the molecule is CC(C)COc1ccccc1CN1CCC2(CCN(C(=O)Cc3ccccc3[N+](=O)[O-])CC2)C1.O=C(O)C(F)(F)F. The average molecular weight is 580 g/mol. The molecule has 2 saturated heterocycles. The smallest absolute Gasteiger partial charge is 0.490 e. The van der Waals surface area contributed by atoms with E-state index in [1.807, 2.05) is 11.0 Å². The molecular weight excluding hydrogens is 543 g/mol. The van der Waals surface area contributed by atoms with Gasteiger partial charge in [-0.25, -0.2) is 4.79 Å². The maximum atomic E-state index is 12.9. The molecule has 0 aliphatic carbocycles. The summed E-state index contributed by atoms with van der Waals surface area (Å²) in [5, 5.41) is 18.4. The van der Waals surface area contributed by atoms with E-state index in [2.05, 4.69) is 36.9 Å². The third-order valence-corrected chi connectivity index (χ3v) is 7.41. The van der Waals surface area contributed by atoms with Crippen LogP contribution in [0.5, 0.6) is 5.75 Å². The average Bonchev–Trinajstić information content (AvgIpc) is 3.30. The van der Waals surface area contributed by atoms with Gasteiger partial charge in [-0.3, -0.25) is 19.8 Å². The number of halogens is 3. The number of amides is 1. The number of carboxylic acids is 1. The highest BCUT2D eigenvalue weighted by Crippen LogP contribution is 2.41. The number of nitrogens with zero attached hydrogens (tertiary/aromatic N) is 3. The number of nitro benzene ring substituents is 1. The summed E-state index contributed by atoms with van der Waals surface area (Å²) in [5.41, 5.74) is 2.00. The van der Waals surface area contributed by atoms with Crippen molar-refractivity contribution in [1.29, 1.82) is 0 Å². The molecule has 9 nitrogen and oxygen atoms in total. The molecule has 2 aliphatic heterocycles. The lowest BCUT2D eigenvalue weighted by molar-refractivity contribution is -0.385. The van der Waals surface area contributed by atoms with Gasteiger partial charge in [0.2, 0.25) is 5.91 Å². The number of nitro groups is 1. The topological polar surface area (TPSA) is 113 Å². The van der Waals surface area contributed by atoms with E-state index in [0.29, 0.717) is 11.5 Å². The molecule has 0 bridgehead atoms. The van der Waals surface area contributed by atoms with Crippen LogP contribution >= 0.6 is 0 Å². The fraction of sp³-hybridized carbons (Fsp3) is 0.517. The number of aliphatic carboxylic acids is 1. The largest absolute Gasteiger partial charge is 0.493 e. The predicted molar refractivity (Wildman–Crippen MR) is 145 cm³/mol. The number of piperidine rings is 1. The summed E-state index contributed by atoms with van der Waals surface area (Å²) in [7, 11) is 0. The van der Waals surface area contributed by atoms with Crippen LogP contribution in [-0.4, -0.2) is 70.7 Å². The first-order chi connectivity index (χ1) is 19.3.